The first-order valence-electron chi connectivity index (χ1n) is 26.9. The lowest BCUT2D eigenvalue weighted by Gasteiger charge is -2.71. The monoisotopic (exact) mass is 1020 g/mol. The van der Waals surface area contributed by atoms with Crippen LogP contribution >= 0.6 is 0 Å². The summed E-state index contributed by atoms with van der Waals surface area (Å²) in [4.78, 5) is 0. The number of rotatable bonds is 28. The van der Waals surface area contributed by atoms with Gasteiger partial charge >= 0.3 is 0 Å². The number of benzene rings is 4. The highest BCUT2D eigenvalue weighted by Crippen LogP contribution is 2.77. The summed E-state index contributed by atoms with van der Waals surface area (Å²) in [6.45, 7) is 9.25. The van der Waals surface area contributed by atoms with Crippen molar-refractivity contribution in [3.8, 4) is 46.0 Å². The Bertz CT molecular complexity index is 2330. The summed E-state index contributed by atoms with van der Waals surface area (Å²) >= 11 is 0. The maximum Gasteiger partial charge on any atom is 0.126 e. The third-order valence-corrected chi connectivity index (χ3v) is 16.8. The first-order chi connectivity index (χ1) is 36.3. The fourth-order valence-corrected chi connectivity index (χ4v) is 13.2. The lowest BCUT2D eigenvalue weighted by atomic mass is 9.32. The Morgan fingerprint density at radius 1 is 0.270 bits per heavy atom. The summed E-state index contributed by atoms with van der Waals surface area (Å²) in [6.07, 6.45) is 5.53. The SMILES string of the molecule is c1cc(C23CC4(c5ccc(OCC6CO6)cc5OCC5CO5)CC(c5ccc(OCC6CO6)cc5OCC5CO5)(C2)CC(c2ccc(OCC5CO5)cc2OCC2CO2)(C3)C4)c(OCC2CO2)cc1OCC1CO1. The summed E-state index contributed by atoms with van der Waals surface area (Å²) in [5, 5.41) is 0. The minimum absolute atomic E-state index is 0.0415. The zero-order valence-corrected chi connectivity index (χ0v) is 41.6. The van der Waals surface area contributed by atoms with Gasteiger partial charge in [0.05, 0.1) is 52.9 Å². The predicted molar refractivity (Wildman–Crippen MR) is 262 cm³/mol. The van der Waals surface area contributed by atoms with Crippen LogP contribution in [0.5, 0.6) is 46.0 Å². The van der Waals surface area contributed by atoms with Crippen LogP contribution in [0.1, 0.15) is 60.8 Å². The van der Waals surface area contributed by atoms with Crippen molar-refractivity contribution < 1.29 is 75.8 Å². The predicted octanol–water partition coefficient (Wildman–Crippen LogP) is 6.34. The molecule has 8 aliphatic heterocycles. The Morgan fingerprint density at radius 2 is 0.446 bits per heavy atom. The van der Waals surface area contributed by atoms with Crippen LogP contribution < -0.4 is 37.9 Å². The van der Waals surface area contributed by atoms with E-state index in [9.17, 15) is 0 Å². The Morgan fingerprint density at radius 3 is 0.622 bits per heavy atom. The molecule has 0 N–H and O–H groups in total. The van der Waals surface area contributed by atoms with Crippen LogP contribution in [0.2, 0.25) is 0 Å². The molecule has 12 fully saturated rings. The van der Waals surface area contributed by atoms with Crippen molar-refractivity contribution in [1.29, 1.82) is 0 Å². The zero-order chi connectivity index (χ0) is 48.9. The molecule has 4 saturated carbocycles. The molecule has 16 rings (SSSR count). The third kappa shape index (κ3) is 9.97. The molecule has 0 spiro atoms. The Balaban J connectivity index is 0.929. The maximum absolute atomic E-state index is 6.99. The van der Waals surface area contributed by atoms with E-state index >= 15 is 0 Å². The molecule has 4 bridgehead atoms. The van der Waals surface area contributed by atoms with Crippen LogP contribution in [0.3, 0.4) is 0 Å². The van der Waals surface area contributed by atoms with Crippen LogP contribution in [-0.4, -0.2) is 155 Å². The van der Waals surface area contributed by atoms with Gasteiger partial charge in [0.2, 0.25) is 0 Å². The lowest BCUT2D eigenvalue weighted by Crippen LogP contribution is -2.67. The number of hydrogen-bond acceptors (Lipinski definition) is 16. The van der Waals surface area contributed by atoms with Crippen molar-refractivity contribution in [3.05, 3.63) is 95.1 Å². The highest BCUT2D eigenvalue weighted by atomic mass is 16.6. The molecule has 0 aromatic heterocycles. The molecule has 12 aliphatic rings. The number of hydrogen-bond donors (Lipinski definition) is 0. The summed E-state index contributed by atoms with van der Waals surface area (Å²) < 4.78 is 98.9. The third-order valence-electron chi connectivity index (χ3n) is 16.8. The van der Waals surface area contributed by atoms with Gasteiger partial charge in [-0.15, -0.1) is 0 Å². The molecular weight excluding hydrogens is 953 g/mol. The van der Waals surface area contributed by atoms with E-state index < -0.39 is 21.7 Å². The van der Waals surface area contributed by atoms with Crippen molar-refractivity contribution in [2.75, 3.05) is 106 Å². The van der Waals surface area contributed by atoms with Gasteiger partial charge < -0.3 is 75.8 Å². The van der Waals surface area contributed by atoms with Gasteiger partial charge in [0.1, 0.15) is 148 Å². The molecule has 16 heteroatoms. The van der Waals surface area contributed by atoms with E-state index in [4.69, 9.17) is 75.8 Å². The molecular formula is C58H64O16. The summed E-state index contributed by atoms with van der Waals surface area (Å²) in [5.74, 6) is 6.25. The van der Waals surface area contributed by atoms with Gasteiger partial charge in [-0.2, -0.15) is 0 Å². The van der Waals surface area contributed by atoms with Crippen LogP contribution in [0.25, 0.3) is 0 Å². The van der Waals surface area contributed by atoms with E-state index in [-0.39, 0.29) is 48.8 Å². The van der Waals surface area contributed by atoms with Crippen molar-refractivity contribution >= 4 is 0 Å². The van der Waals surface area contributed by atoms with Crippen LogP contribution in [-0.2, 0) is 59.6 Å². The van der Waals surface area contributed by atoms with Gasteiger partial charge in [0, 0.05) is 68.2 Å². The lowest BCUT2D eigenvalue weighted by molar-refractivity contribution is -0.0721. The Kier molecular flexibility index (Phi) is 11.5. The van der Waals surface area contributed by atoms with Crippen molar-refractivity contribution in [3.63, 3.8) is 0 Å². The minimum Gasteiger partial charge on any atom is -0.491 e. The summed E-state index contributed by atoms with van der Waals surface area (Å²) in [5.41, 5.74) is 2.69. The standard InChI is InChI=1S/C58H64O16/c1-5-47(51(71-25-43-21-67-43)9-35(1)59-13-39-17-63-39)55-29-56(48-6-2-36(60-14-40-18-64-40)10-52(48)72-26-44-22-68-44)32-57(30-55,49-7-3-37(61-15-41-19-65-41)11-53(49)73-27-45-23-69-45)34-58(31-55,33-56)50-8-4-38(62-16-42-20-66-42)12-54(50)74-28-46-24-70-46/h1-12,39-46H,13-34H2. The highest BCUT2D eigenvalue weighted by Gasteiger charge is 2.71. The molecule has 0 radical (unpaired) electrons. The number of ether oxygens (including phenoxy) is 16. The zero-order valence-electron chi connectivity index (χ0n) is 41.6. The highest BCUT2D eigenvalue weighted by molar-refractivity contribution is 5.60. The van der Waals surface area contributed by atoms with Crippen LogP contribution in [0.15, 0.2) is 72.8 Å². The van der Waals surface area contributed by atoms with Crippen LogP contribution in [0, 0.1) is 0 Å². The Hall–Kier alpha value is -5.04. The molecule has 8 atom stereocenters. The molecule has 8 heterocycles. The molecule has 392 valence electrons. The van der Waals surface area contributed by atoms with E-state index in [1.807, 2.05) is 0 Å². The van der Waals surface area contributed by atoms with Gasteiger partial charge in [-0.05, 0) is 62.8 Å². The van der Waals surface area contributed by atoms with Gasteiger partial charge in [-0.25, -0.2) is 0 Å². The van der Waals surface area contributed by atoms with Crippen LogP contribution in [0.4, 0.5) is 0 Å². The van der Waals surface area contributed by atoms with Gasteiger partial charge in [0.25, 0.3) is 0 Å². The van der Waals surface area contributed by atoms with E-state index in [2.05, 4.69) is 72.8 Å². The quantitative estimate of drug-likeness (QED) is 0.0576. The average Bonchev–Trinajstić information content (AvgIpc) is 4.24. The van der Waals surface area contributed by atoms with E-state index in [0.717, 1.165) is 107 Å². The van der Waals surface area contributed by atoms with Gasteiger partial charge in [-0.1, -0.05) is 24.3 Å². The average molecular weight is 1020 g/mol. The van der Waals surface area contributed by atoms with Gasteiger partial charge in [0.15, 0.2) is 0 Å². The van der Waals surface area contributed by atoms with Crippen molar-refractivity contribution in [2.45, 2.75) is 109 Å². The van der Waals surface area contributed by atoms with E-state index in [1.54, 1.807) is 0 Å². The summed E-state index contributed by atoms with van der Waals surface area (Å²) in [6, 6.07) is 26.0. The smallest absolute Gasteiger partial charge is 0.126 e. The van der Waals surface area contributed by atoms with Gasteiger partial charge in [-0.3, -0.25) is 0 Å². The second-order valence-corrected chi connectivity index (χ2v) is 22.9. The fourth-order valence-electron chi connectivity index (χ4n) is 13.2. The first-order valence-corrected chi connectivity index (χ1v) is 26.9. The largest absolute Gasteiger partial charge is 0.491 e. The second-order valence-electron chi connectivity index (χ2n) is 22.9. The molecule has 4 aromatic rings. The Labute approximate surface area is 430 Å². The second kappa shape index (κ2) is 18.3. The molecule has 16 nitrogen and oxygen atoms in total. The van der Waals surface area contributed by atoms with E-state index in [1.165, 1.54) is 0 Å². The topological polar surface area (TPSA) is 174 Å². The van der Waals surface area contributed by atoms with Crippen molar-refractivity contribution in [1.82, 2.24) is 0 Å². The molecule has 8 unspecified atom stereocenters. The number of epoxide rings is 8. The first kappa shape index (κ1) is 46.3. The van der Waals surface area contributed by atoms with E-state index in [0.29, 0.717) is 106 Å². The molecule has 74 heavy (non-hydrogen) atoms. The minimum atomic E-state index is -0.479. The normalized spacial score (nSPS) is 35.6. The fraction of sp³-hybridized carbons (Fsp3) is 0.586. The maximum atomic E-state index is 6.99. The summed E-state index contributed by atoms with van der Waals surface area (Å²) in [7, 11) is 0. The molecule has 4 aromatic carbocycles. The van der Waals surface area contributed by atoms with Crippen molar-refractivity contribution in [2.24, 2.45) is 0 Å². The molecule has 4 aliphatic carbocycles. The molecule has 8 saturated heterocycles. The molecule has 0 amide bonds.